The predicted molar refractivity (Wildman–Crippen MR) is 52.3 cm³/mol. The van der Waals surface area contributed by atoms with Gasteiger partial charge in [-0.05, 0) is 6.42 Å². The Morgan fingerprint density at radius 3 is 2.73 bits per heavy atom. The summed E-state index contributed by atoms with van der Waals surface area (Å²) < 4.78 is 36.0. The van der Waals surface area contributed by atoms with Crippen LogP contribution in [0.4, 0.5) is 10.2 Å². The highest BCUT2D eigenvalue weighted by Crippen LogP contribution is 2.04. The third kappa shape index (κ3) is 2.32. The molecule has 2 N–H and O–H groups in total. The van der Waals surface area contributed by atoms with E-state index < -0.39 is 27.3 Å². The molecule has 0 spiro atoms. The monoisotopic (exact) mass is 235 g/mol. The van der Waals surface area contributed by atoms with E-state index in [0.29, 0.717) is 12.6 Å². The Bertz CT molecular complexity index is 523. The van der Waals surface area contributed by atoms with Gasteiger partial charge in [-0.2, -0.15) is 8.96 Å². The van der Waals surface area contributed by atoms with Gasteiger partial charge in [0.05, 0.1) is 11.9 Å². The van der Waals surface area contributed by atoms with Crippen molar-refractivity contribution in [2.24, 2.45) is 0 Å². The molecule has 0 unspecified atom stereocenters. The number of nitrogen functional groups attached to an aromatic ring is 1. The summed E-state index contributed by atoms with van der Waals surface area (Å²) in [5.41, 5.74) is 3.92. The Morgan fingerprint density at radius 2 is 2.20 bits per heavy atom. The Balaban J connectivity index is 3.40. The van der Waals surface area contributed by atoms with Crippen LogP contribution in [0.3, 0.4) is 0 Å². The van der Waals surface area contributed by atoms with Crippen molar-refractivity contribution in [1.29, 1.82) is 0 Å². The molecule has 84 valence electrons. The Kier molecular flexibility index (Phi) is 3.08. The smallest absolute Gasteiger partial charge is 0.363 e. The molecule has 15 heavy (non-hydrogen) atoms. The van der Waals surface area contributed by atoms with Gasteiger partial charge in [0, 0.05) is 0 Å². The zero-order valence-electron chi connectivity index (χ0n) is 7.97. The Hall–Kier alpha value is -1.44. The quantitative estimate of drug-likeness (QED) is 0.765. The first kappa shape index (κ1) is 11.6. The summed E-state index contributed by atoms with van der Waals surface area (Å²) in [4.78, 5) is 14.2. The summed E-state index contributed by atoms with van der Waals surface area (Å²) in [5, 5.41) is 0. The van der Waals surface area contributed by atoms with Crippen molar-refractivity contribution in [3.05, 3.63) is 22.5 Å². The SMILES string of the molecule is CCCS(=O)(=O)n1cc(F)c(N)nc1=O. The van der Waals surface area contributed by atoms with Crippen LogP contribution in [0.5, 0.6) is 0 Å². The Labute approximate surface area is 85.6 Å². The van der Waals surface area contributed by atoms with Gasteiger partial charge in [-0.25, -0.2) is 17.6 Å². The molecule has 0 atom stereocenters. The summed E-state index contributed by atoms with van der Waals surface area (Å²) in [5.74, 6) is -1.89. The minimum atomic E-state index is -3.83. The molecule has 0 radical (unpaired) electrons. The first-order valence-corrected chi connectivity index (χ1v) is 5.77. The molecule has 1 rings (SSSR count). The molecule has 0 fully saturated rings. The summed E-state index contributed by atoms with van der Waals surface area (Å²) in [6.07, 6.45) is 0.858. The first-order chi connectivity index (χ1) is 6.88. The topological polar surface area (TPSA) is 95.1 Å². The second kappa shape index (κ2) is 3.97. The normalized spacial score (nSPS) is 11.6. The molecule has 1 aromatic rings. The minimum absolute atomic E-state index is 0.252. The van der Waals surface area contributed by atoms with Crippen molar-refractivity contribution >= 4 is 15.8 Å². The van der Waals surface area contributed by atoms with Crippen molar-refractivity contribution in [2.75, 3.05) is 11.5 Å². The average molecular weight is 235 g/mol. The summed E-state index contributed by atoms with van der Waals surface area (Å²) in [7, 11) is -3.83. The third-order valence-corrected chi connectivity index (χ3v) is 3.43. The number of anilines is 1. The Morgan fingerprint density at radius 1 is 1.60 bits per heavy atom. The van der Waals surface area contributed by atoms with Crippen LogP contribution in [0.15, 0.2) is 11.0 Å². The fraction of sp³-hybridized carbons (Fsp3) is 0.429. The van der Waals surface area contributed by atoms with Crippen molar-refractivity contribution in [3.8, 4) is 0 Å². The van der Waals surface area contributed by atoms with E-state index in [4.69, 9.17) is 5.73 Å². The highest BCUT2D eigenvalue weighted by molar-refractivity contribution is 7.89. The number of nitrogens with two attached hydrogens (primary N) is 1. The molecule has 0 bridgehead atoms. The van der Waals surface area contributed by atoms with Gasteiger partial charge in [0.25, 0.3) is 0 Å². The highest BCUT2D eigenvalue weighted by atomic mass is 32.2. The molecule has 0 saturated carbocycles. The molecular formula is C7H10FN3O3S. The van der Waals surface area contributed by atoms with E-state index in [0.717, 1.165) is 0 Å². The van der Waals surface area contributed by atoms with Crippen molar-refractivity contribution in [3.63, 3.8) is 0 Å². The maximum Gasteiger partial charge on any atom is 0.363 e. The van der Waals surface area contributed by atoms with Crippen LogP contribution < -0.4 is 11.4 Å². The molecule has 1 aromatic heterocycles. The highest BCUT2D eigenvalue weighted by Gasteiger charge is 2.16. The number of hydrogen-bond donors (Lipinski definition) is 1. The molecular weight excluding hydrogens is 225 g/mol. The average Bonchev–Trinajstić information content (AvgIpc) is 2.11. The molecule has 0 aromatic carbocycles. The number of rotatable bonds is 3. The third-order valence-electron chi connectivity index (χ3n) is 1.64. The van der Waals surface area contributed by atoms with Crippen LogP contribution >= 0.6 is 0 Å². The number of aromatic nitrogens is 2. The number of hydrogen-bond acceptors (Lipinski definition) is 5. The van der Waals surface area contributed by atoms with Crippen LogP contribution in [-0.2, 0) is 10.0 Å². The lowest BCUT2D eigenvalue weighted by Gasteiger charge is -2.05. The summed E-state index contributed by atoms with van der Waals surface area (Å²) in [6, 6.07) is 0. The largest absolute Gasteiger partial charge is 0.381 e. The lowest BCUT2D eigenvalue weighted by Crippen LogP contribution is -2.31. The molecule has 0 aliphatic rings. The van der Waals surface area contributed by atoms with Gasteiger partial charge in [-0.1, -0.05) is 6.92 Å². The zero-order chi connectivity index (χ0) is 11.6. The fourth-order valence-electron chi connectivity index (χ4n) is 0.986. The molecule has 6 nitrogen and oxygen atoms in total. The van der Waals surface area contributed by atoms with Crippen molar-refractivity contribution in [1.82, 2.24) is 8.96 Å². The minimum Gasteiger partial charge on any atom is -0.381 e. The van der Waals surface area contributed by atoms with Crippen LogP contribution in [0.25, 0.3) is 0 Å². The van der Waals surface area contributed by atoms with Crippen molar-refractivity contribution in [2.45, 2.75) is 13.3 Å². The molecule has 0 aliphatic carbocycles. The van der Waals surface area contributed by atoms with E-state index >= 15 is 0 Å². The van der Waals surface area contributed by atoms with E-state index in [1.165, 1.54) is 0 Å². The van der Waals surface area contributed by atoms with Crippen molar-refractivity contribution < 1.29 is 12.8 Å². The predicted octanol–water partition coefficient (Wildman–Crippen LogP) is -0.447. The first-order valence-electron chi connectivity index (χ1n) is 4.16. The second-order valence-electron chi connectivity index (χ2n) is 2.87. The lowest BCUT2D eigenvalue weighted by atomic mass is 10.6. The van der Waals surface area contributed by atoms with Gasteiger partial charge >= 0.3 is 5.69 Å². The van der Waals surface area contributed by atoms with Crippen LogP contribution in [0.2, 0.25) is 0 Å². The van der Waals surface area contributed by atoms with E-state index in [1.54, 1.807) is 6.92 Å². The van der Waals surface area contributed by atoms with Gasteiger partial charge in [0.15, 0.2) is 11.6 Å². The van der Waals surface area contributed by atoms with Gasteiger partial charge in [0.2, 0.25) is 10.0 Å². The standard InChI is InChI=1S/C7H10FN3O3S/c1-2-3-15(13,14)11-4-5(8)6(9)10-7(11)12/h4H,2-3H2,1H3,(H2,9,10,12). The fourth-order valence-corrected chi connectivity index (χ4v) is 2.23. The van der Waals surface area contributed by atoms with E-state index in [9.17, 15) is 17.6 Å². The zero-order valence-corrected chi connectivity index (χ0v) is 8.79. The maximum absolute atomic E-state index is 12.9. The van der Waals surface area contributed by atoms with E-state index in [-0.39, 0.29) is 9.73 Å². The van der Waals surface area contributed by atoms with Crippen LogP contribution in [0, 0.1) is 5.82 Å². The molecule has 8 heteroatoms. The molecule has 0 aliphatic heterocycles. The lowest BCUT2D eigenvalue weighted by molar-refractivity contribution is 0.571. The summed E-state index contributed by atoms with van der Waals surface area (Å²) in [6.45, 7) is 1.63. The number of halogens is 1. The van der Waals surface area contributed by atoms with E-state index in [1.807, 2.05) is 0 Å². The summed E-state index contributed by atoms with van der Waals surface area (Å²) >= 11 is 0. The molecule has 1 heterocycles. The van der Waals surface area contributed by atoms with Crippen LogP contribution in [-0.4, -0.2) is 23.1 Å². The maximum atomic E-state index is 12.9. The number of nitrogens with zero attached hydrogens (tertiary/aromatic N) is 2. The van der Waals surface area contributed by atoms with Gasteiger partial charge in [-0.15, -0.1) is 0 Å². The van der Waals surface area contributed by atoms with E-state index in [2.05, 4.69) is 4.98 Å². The second-order valence-corrected chi connectivity index (χ2v) is 4.83. The molecule has 0 amide bonds. The molecule has 0 saturated heterocycles. The van der Waals surface area contributed by atoms with Gasteiger partial charge in [0.1, 0.15) is 0 Å². The van der Waals surface area contributed by atoms with Gasteiger partial charge in [-0.3, -0.25) is 0 Å². The van der Waals surface area contributed by atoms with Crippen LogP contribution in [0.1, 0.15) is 13.3 Å². The van der Waals surface area contributed by atoms with Gasteiger partial charge < -0.3 is 5.73 Å².